The van der Waals surface area contributed by atoms with Crippen molar-refractivity contribution in [2.24, 2.45) is 0 Å². The molecule has 2 heterocycles. The van der Waals surface area contributed by atoms with Crippen molar-refractivity contribution in [3.63, 3.8) is 0 Å². The first-order valence-electron chi connectivity index (χ1n) is 8.07. The van der Waals surface area contributed by atoms with Crippen molar-refractivity contribution in [3.05, 3.63) is 17.6 Å². The van der Waals surface area contributed by atoms with Crippen LogP contribution in [-0.2, 0) is 4.79 Å². The number of hydrogen-bond donors (Lipinski definition) is 1. The number of carbonyl (C=O) groups excluding carboxylic acids is 1. The number of aliphatic hydroxyl groups is 1. The number of anilines is 1. The minimum atomic E-state index is -0.462. The van der Waals surface area contributed by atoms with Crippen molar-refractivity contribution < 1.29 is 9.90 Å². The predicted molar refractivity (Wildman–Crippen MR) is 84.0 cm³/mol. The third kappa shape index (κ3) is 2.73. The highest BCUT2D eigenvalue weighted by atomic mass is 16.3. The minimum Gasteiger partial charge on any atom is -0.387 e. The molecule has 1 aliphatic carbocycles. The Labute approximate surface area is 131 Å². The quantitative estimate of drug-likeness (QED) is 0.841. The van der Waals surface area contributed by atoms with Crippen LogP contribution in [0.5, 0.6) is 0 Å². The van der Waals surface area contributed by atoms with Crippen LogP contribution in [0.3, 0.4) is 0 Å². The number of aliphatic hydroxyl groups excluding tert-OH is 1. The molecule has 0 aromatic carbocycles. The van der Waals surface area contributed by atoms with E-state index in [2.05, 4.69) is 33.6 Å². The van der Waals surface area contributed by atoms with Gasteiger partial charge >= 0.3 is 0 Å². The predicted octanol–water partition coefficient (Wildman–Crippen LogP) is 1.12. The molecule has 3 rings (SSSR count). The van der Waals surface area contributed by atoms with Crippen LogP contribution in [0.15, 0.2) is 6.33 Å². The number of aldehydes is 1. The minimum absolute atomic E-state index is 0.293. The zero-order chi connectivity index (χ0) is 15.7. The van der Waals surface area contributed by atoms with Crippen molar-refractivity contribution in [1.82, 2.24) is 14.9 Å². The standard InChI is InChI=1S/C16H24N4O2/c1-11-8-13(22)15-14(11)16(18-10-17-15)20-6-5-19(4-3-7-21)9-12(20)2/h7,10-13,22H,3-6,8-9H2,1-2H3/t11-,12+,13-/m1/s1. The Balaban J connectivity index is 1.80. The maximum Gasteiger partial charge on any atom is 0.136 e. The van der Waals surface area contributed by atoms with Gasteiger partial charge in [0.05, 0.1) is 11.8 Å². The van der Waals surface area contributed by atoms with E-state index in [1.807, 2.05) is 0 Å². The first-order valence-corrected chi connectivity index (χ1v) is 8.07. The van der Waals surface area contributed by atoms with Gasteiger partial charge in [0.25, 0.3) is 0 Å². The van der Waals surface area contributed by atoms with E-state index < -0.39 is 6.10 Å². The van der Waals surface area contributed by atoms with Gasteiger partial charge in [-0.3, -0.25) is 4.90 Å². The summed E-state index contributed by atoms with van der Waals surface area (Å²) in [6.45, 7) is 7.92. The molecule has 0 unspecified atom stereocenters. The van der Waals surface area contributed by atoms with Crippen LogP contribution >= 0.6 is 0 Å². The summed E-state index contributed by atoms with van der Waals surface area (Å²) in [5.41, 5.74) is 1.91. The highest BCUT2D eigenvalue weighted by Gasteiger charge is 2.35. The lowest BCUT2D eigenvalue weighted by Crippen LogP contribution is -2.52. The second-order valence-electron chi connectivity index (χ2n) is 6.45. The molecule has 22 heavy (non-hydrogen) atoms. The molecule has 0 amide bonds. The van der Waals surface area contributed by atoms with Gasteiger partial charge in [0, 0.05) is 44.2 Å². The summed E-state index contributed by atoms with van der Waals surface area (Å²) in [5.74, 6) is 1.28. The molecule has 0 radical (unpaired) electrons. The first kappa shape index (κ1) is 15.4. The lowest BCUT2D eigenvalue weighted by Gasteiger charge is -2.41. The zero-order valence-corrected chi connectivity index (χ0v) is 13.3. The average molecular weight is 304 g/mol. The smallest absolute Gasteiger partial charge is 0.136 e. The Kier molecular flexibility index (Phi) is 4.40. The molecule has 3 atom stereocenters. The molecule has 0 saturated carbocycles. The Morgan fingerprint density at radius 3 is 2.91 bits per heavy atom. The van der Waals surface area contributed by atoms with Gasteiger partial charge in [0.15, 0.2) is 0 Å². The third-order valence-electron chi connectivity index (χ3n) is 4.83. The highest BCUT2D eigenvalue weighted by Crippen LogP contribution is 2.43. The number of piperazine rings is 1. The Morgan fingerprint density at radius 1 is 1.36 bits per heavy atom. The molecule has 1 N–H and O–H groups in total. The molecular weight excluding hydrogens is 280 g/mol. The molecule has 6 heteroatoms. The maximum atomic E-state index is 10.5. The van der Waals surface area contributed by atoms with Crippen LogP contribution in [0.4, 0.5) is 5.82 Å². The van der Waals surface area contributed by atoms with Crippen LogP contribution in [0.25, 0.3) is 0 Å². The summed E-state index contributed by atoms with van der Waals surface area (Å²) in [6.07, 6.45) is 3.42. The van der Waals surface area contributed by atoms with Gasteiger partial charge in [-0.2, -0.15) is 0 Å². The maximum absolute atomic E-state index is 10.5. The van der Waals surface area contributed by atoms with E-state index in [9.17, 15) is 9.90 Å². The van der Waals surface area contributed by atoms with Crippen LogP contribution in [0.1, 0.15) is 50.0 Å². The fourth-order valence-corrected chi connectivity index (χ4v) is 3.72. The molecule has 1 saturated heterocycles. The summed E-state index contributed by atoms with van der Waals surface area (Å²) in [6, 6.07) is 0.337. The van der Waals surface area contributed by atoms with Gasteiger partial charge in [0.1, 0.15) is 18.4 Å². The van der Waals surface area contributed by atoms with E-state index in [-0.39, 0.29) is 0 Å². The number of aromatic nitrogens is 2. The second kappa shape index (κ2) is 6.30. The second-order valence-corrected chi connectivity index (χ2v) is 6.45. The molecule has 0 spiro atoms. The normalized spacial score (nSPS) is 28.7. The molecule has 1 aliphatic heterocycles. The van der Waals surface area contributed by atoms with E-state index in [4.69, 9.17) is 0 Å². The van der Waals surface area contributed by atoms with E-state index in [1.165, 1.54) is 0 Å². The zero-order valence-electron chi connectivity index (χ0n) is 13.3. The summed E-state index contributed by atoms with van der Waals surface area (Å²) in [5, 5.41) is 10.1. The van der Waals surface area contributed by atoms with Gasteiger partial charge in [-0.25, -0.2) is 9.97 Å². The molecule has 2 aliphatic rings. The fourth-order valence-electron chi connectivity index (χ4n) is 3.72. The van der Waals surface area contributed by atoms with E-state index in [0.29, 0.717) is 18.4 Å². The highest BCUT2D eigenvalue weighted by molar-refractivity contribution is 5.54. The number of hydrogen-bond acceptors (Lipinski definition) is 6. The van der Waals surface area contributed by atoms with Gasteiger partial charge < -0.3 is 14.8 Å². The molecular formula is C16H24N4O2. The molecule has 6 nitrogen and oxygen atoms in total. The first-order chi connectivity index (χ1) is 10.6. The molecule has 1 fully saturated rings. The van der Waals surface area contributed by atoms with Gasteiger partial charge in [-0.1, -0.05) is 6.92 Å². The van der Waals surface area contributed by atoms with E-state index in [1.54, 1.807) is 6.33 Å². The Bertz CT molecular complexity index is 551. The van der Waals surface area contributed by atoms with E-state index >= 15 is 0 Å². The van der Waals surface area contributed by atoms with Gasteiger partial charge in [-0.15, -0.1) is 0 Å². The average Bonchev–Trinajstić information content (AvgIpc) is 2.80. The lowest BCUT2D eigenvalue weighted by molar-refractivity contribution is -0.108. The van der Waals surface area contributed by atoms with Crippen molar-refractivity contribution in [2.45, 2.75) is 44.8 Å². The van der Waals surface area contributed by atoms with Gasteiger partial charge in [0.2, 0.25) is 0 Å². The summed E-state index contributed by atoms with van der Waals surface area (Å²) in [7, 11) is 0. The van der Waals surface area contributed by atoms with Crippen molar-refractivity contribution in [2.75, 3.05) is 31.1 Å². The molecule has 1 aromatic heterocycles. The topological polar surface area (TPSA) is 69.6 Å². The third-order valence-corrected chi connectivity index (χ3v) is 4.83. The summed E-state index contributed by atoms with van der Waals surface area (Å²) in [4.78, 5) is 24.0. The van der Waals surface area contributed by atoms with Crippen molar-refractivity contribution >= 4 is 12.1 Å². The number of nitrogens with zero attached hydrogens (tertiary/aromatic N) is 4. The fraction of sp³-hybridized carbons (Fsp3) is 0.688. The van der Waals surface area contributed by atoms with Crippen molar-refractivity contribution in [3.8, 4) is 0 Å². The van der Waals surface area contributed by atoms with Crippen LogP contribution in [0.2, 0.25) is 0 Å². The Morgan fingerprint density at radius 2 is 2.18 bits per heavy atom. The summed E-state index contributed by atoms with van der Waals surface area (Å²) < 4.78 is 0. The molecule has 1 aromatic rings. The largest absolute Gasteiger partial charge is 0.387 e. The van der Waals surface area contributed by atoms with Crippen LogP contribution in [-0.4, -0.2) is 58.5 Å². The number of rotatable bonds is 4. The molecule has 120 valence electrons. The van der Waals surface area contributed by atoms with Crippen molar-refractivity contribution in [1.29, 1.82) is 0 Å². The van der Waals surface area contributed by atoms with Gasteiger partial charge in [-0.05, 0) is 19.3 Å². The molecule has 0 bridgehead atoms. The van der Waals surface area contributed by atoms with Crippen LogP contribution < -0.4 is 4.90 Å². The van der Waals surface area contributed by atoms with E-state index in [0.717, 1.165) is 56.0 Å². The Hall–Kier alpha value is -1.53. The monoisotopic (exact) mass is 304 g/mol. The van der Waals surface area contributed by atoms with Crippen LogP contribution in [0, 0.1) is 0 Å². The SMILES string of the molecule is C[C@@H]1C[C@@H](O)c2ncnc(N3CCN(CCC=O)C[C@@H]3C)c21. The lowest BCUT2D eigenvalue weighted by atomic mass is 10.0. The summed E-state index contributed by atoms with van der Waals surface area (Å²) >= 11 is 0. The number of carbonyl (C=O) groups is 1. The number of fused-ring (bicyclic) bond motifs is 1.